The molecular formula is C24H24BrN3O6. The van der Waals surface area contributed by atoms with Crippen LogP contribution >= 0.6 is 15.9 Å². The molecule has 10 heteroatoms. The fourth-order valence-electron chi connectivity index (χ4n) is 3.85. The molecule has 0 bridgehead atoms. The van der Waals surface area contributed by atoms with E-state index in [1.54, 1.807) is 36.3 Å². The van der Waals surface area contributed by atoms with E-state index in [2.05, 4.69) is 20.9 Å². The first-order valence-electron chi connectivity index (χ1n) is 10.6. The van der Waals surface area contributed by atoms with Crippen molar-refractivity contribution in [1.29, 1.82) is 0 Å². The summed E-state index contributed by atoms with van der Waals surface area (Å²) < 4.78 is 16.7. The van der Waals surface area contributed by atoms with Crippen molar-refractivity contribution < 1.29 is 28.9 Å². The van der Waals surface area contributed by atoms with Gasteiger partial charge in [-0.2, -0.15) is 0 Å². The van der Waals surface area contributed by atoms with Gasteiger partial charge in [0, 0.05) is 34.6 Å². The molecule has 3 aromatic rings. The van der Waals surface area contributed by atoms with Crippen molar-refractivity contribution in [2.45, 2.75) is 6.54 Å². The van der Waals surface area contributed by atoms with E-state index in [1.807, 2.05) is 12.1 Å². The van der Waals surface area contributed by atoms with E-state index < -0.39 is 6.09 Å². The Bertz CT molecular complexity index is 1230. The summed E-state index contributed by atoms with van der Waals surface area (Å²) in [6.07, 6.45) is -1.21. The van der Waals surface area contributed by atoms with Crippen LogP contribution in [0.3, 0.4) is 0 Å². The quantitative estimate of drug-likeness (QED) is 0.511. The van der Waals surface area contributed by atoms with Gasteiger partial charge >= 0.3 is 6.09 Å². The molecule has 0 spiro atoms. The average Bonchev–Trinajstić information content (AvgIpc) is 2.87. The standard InChI is InChI=1S/C24H24BrN3O6/c1-32-16-7-6-15(20(12-16)33-2)14-28(24(30)31)21-13-18(23(29)27-8-10-34-11-9-27)17-4-3-5-19(25)22(17)26-21/h3-7,12-13H,8-11,14H2,1-2H3,(H,30,31). The summed E-state index contributed by atoms with van der Waals surface area (Å²) in [7, 11) is 3.05. The third kappa shape index (κ3) is 4.78. The minimum absolute atomic E-state index is 0.0311. The van der Waals surface area contributed by atoms with E-state index in [1.165, 1.54) is 13.2 Å². The maximum absolute atomic E-state index is 13.4. The second-order valence-electron chi connectivity index (χ2n) is 7.62. The Labute approximate surface area is 205 Å². The van der Waals surface area contributed by atoms with Crippen molar-refractivity contribution in [2.24, 2.45) is 0 Å². The number of carbonyl (C=O) groups excluding carboxylic acids is 1. The number of amides is 2. The Morgan fingerprint density at radius 3 is 2.59 bits per heavy atom. The summed E-state index contributed by atoms with van der Waals surface area (Å²) in [6.45, 7) is 1.83. The number of rotatable bonds is 6. The molecule has 4 rings (SSSR count). The number of ether oxygens (including phenoxy) is 3. The van der Waals surface area contributed by atoms with Crippen LogP contribution in [0, 0.1) is 0 Å². The van der Waals surface area contributed by atoms with E-state index in [-0.39, 0.29) is 18.3 Å². The SMILES string of the molecule is COc1ccc(CN(C(=O)O)c2cc(C(=O)N3CCOCC3)c3cccc(Br)c3n2)c(OC)c1. The summed E-state index contributed by atoms with van der Waals surface area (Å²) >= 11 is 3.49. The number of fused-ring (bicyclic) bond motifs is 1. The van der Waals surface area contributed by atoms with Gasteiger partial charge in [0.1, 0.15) is 17.3 Å². The molecule has 178 valence electrons. The van der Waals surface area contributed by atoms with Crippen LogP contribution < -0.4 is 14.4 Å². The van der Waals surface area contributed by atoms with E-state index in [9.17, 15) is 14.7 Å². The van der Waals surface area contributed by atoms with Crippen molar-refractivity contribution >= 4 is 44.7 Å². The largest absolute Gasteiger partial charge is 0.497 e. The predicted molar refractivity (Wildman–Crippen MR) is 130 cm³/mol. The number of morpholine rings is 1. The molecule has 1 fully saturated rings. The normalized spacial score (nSPS) is 13.6. The smallest absolute Gasteiger partial charge is 0.413 e. The van der Waals surface area contributed by atoms with Crippen LogP contribution in [0.5, 0.6) is 11.5 Å². The van der Waals surface area contributed by atoms with Crippen molar-refractivity contribution in [3.8, 4) is 11.5 Å². The molecule has 1 saturated heterocycles. The molecule has 0 radical (unpaired) electrons. The van der Waals surface area contributed by atoms with E-state index in [0.717, 1.165) is 4.90 Å². The van der Waals surface area contributed by atoms with Crippen molar-refractivity contribution in [3.05, 3.63) is 58.1 Å². The third-order valence-corrected chi connectivity index (χ3v) is 6.28. The van der Waals surface area contributed by atoms with Crippen LogP contribution in [-0.4, -0.2) is 67.5 Å². The Morgan fingerprint density at radius 1 is 1.15 bits per heavy atom. The van der Waals surface area contributed by atoms with E-state index in [4.69, 9.17) is 14.2 Å². The minimum atomic E-state index is -1.21. The number of hydrogen-bond acceptors (Lipinski definition) is 6. The topological polar surface area (TPSA) is 101 Å². The van der Waals surface area contributed by atoms with Crippen molar-refractivity contribution in [1.82, 2.24) is 9.88 Å². The minimum Gasteiger partial charge on any atom is -0.497 e. The number of nitrogens with zero attached hydrogens (tertiary/aromatic N) is 3. The number of halogens is 1. The van der Waals surface area contributed by atoms with Gasteiger partial charge in [0.25, 0.3) is 5.91 Å². The Balaban J connectivity index is 1.80. The van der Waals surface area contributed by atoms with Gasteiger partial charge in [-0.05, 0) is 40.2 Å². The average molecular weight is 530 g/mol. The highest BCUT2D eigenvalue weighted by Gasteiger charge is 2.26. The Morgan fingerprint density at radius 2 is 1.91 bits per heavy atom. The first kappa shape index (κ1) is 23.8. The zero-order chi connectivity index (χ0) is 24.2. The molecule has 34 heavy (non-hydrogen) atoms. The molecule has 2 heterocycles. The van der Waals surface area contributed by atoms with Crippen LogP contribution in [0.2, 0.25) is 0 Å². The van der Waals surface area contributed by atoms with Crippen LogP contribution in [0.4, 0.5) is 10.6 Å². The van der Waals surface area contributed by atoms with Gasteiger partial charge < -0.3 is 24.2 Å². The fourth-order valence-corrected chi connectivity index (χ4v) is 4.31. The molecule has 1 aliphatic heterocycles. The lowest BCUT2D eigenvalue weighted by atomic mass is 10.1. The lowest BCUT2D eigenvalue weighted by Gasteiger charge is -2.28. The molecule has 1 N–H and O–H groups in total. The summed E-state index contributed by atoms with van der Waals surface area (Å²) in [4.78, 5) is 33.2. The summed E-state index contributed by atoms with van der Waals surface area (Å²) in [6, 6.07) is 12.1. The molecule has 0 saturated carbocycles. The predicted octanol–water partition coefficient (Wildman–Crippen LogP) is 4.17. The number of anilines is 1. The van der Waals surface area contributed by atoms with Crippen molar-refractivity contribution in [2.75, 3.05) is 45.4 Å². The highest BCUT2D eigenvalue weighted by Crippen LogP contribution is 2.32. The van der Waals surface area contributed by atoms with E-state index >= 15 is 0 Å². The second kappa shape index (κ2) is 10.3. The van der Waals surface area contributed by atoms with Crippen molar-refractivity contribution in [3.63, 3.8) is 0 Å². The van der Waals surface area contributed by atoms with Gasteiger partial charge in [-0.1, -0.05) is 12.1 Å². The number of para-hydroxylation sites is 1. The summed E-state index contributed by atoms with van der Waals surface area (Å²) in [5, 5.41) is 10.7. The third-order valence-electron chi connectivity index (χ3n) is 5.64. The summed E-state index contributed by atoms with van der Waals surface area (Å²) in [5.74, 6) is 1.02. The highest BCUT2D eigenvalue weighted by molar-refractivity contribution is 9.10. The lowest BCUT2D eigenvalue weighted by molar-refractivity contribution is 0.0304. The molecule has 1 aromatic heterocycles. The molecule has 0 aliphatic carbocycles. The highest BCUT2D eigenvalue weighted by atomic mass is 79.9. The molecule has 1 aliphatic rings. The summed E-state index contributed by atoms with van der Waals surface area (Å²) in [5.41, 5.74) is 1.52. The van der Waals surface area contributed by atoms with Gasteiger partial charge in [-0.25, -0.2) is 9.78 Å². The lowest BCUT2D eigenvalue weighted by Crippen LogP contribution is -2.41. The number of aromatic nitrogens is 1. The number of carboxylic acid groups (broad SMARTS) is 1. The molecule has 9 nitrogen and oxygen atoms in total. The molecule has 2 aromatic carbocycles. The van der Waals surface area contributed by atoms with Crippen LogP contribution in [0.1, 0.15) is 15.9 Å². The Kier molecular flexibility index (Phi) is 7.18. The first-order valence-corrected chi connectivity index (χ1v) is 11.4. The van der Waals surface area contributed by atoms with Gasteiger partial charge in [0.15, 0.2) is 0 Å². The van der Waals surface area contributed by atoms with Gasteiger partial charge in [0.05, 0.1) is 45.1 Å². The zero-order valence-corrected chi connectivity index (χ0v) is 20.4. The number of pyridine rings is 1. The molecule has 2 amide bonds. The van der Waals surface area contributed by atoms with Gasteiger partial charge in [-0.3, -0.25) is 9.69 Å². The zero-order valence-electron chi connectivity index (χ0n) is 18.8. The maximum atomic E-state index is 13.4. The number of methoxy groups -OCH3 is 2. The molecular weight excluding hydrogens is 506 g/mol. The fraction of sp³-hybridized carbons (Fsp3) is 0.292. The van der Waals surface area contributed by atoms with Crippen LogP contribution in [0.25, 0.3) is 10.9 Å². The first-order chi connectivity index (χ1) is 16.4. The maximum Gasteiger partial charge on any atom is 0.413 e. The molecule has 0 atom stereocenters. The van der Waals surface area contributed by atoms with Crippen LogP contribution in [-0.2, 0) is 11.3 Å². The molecule has 0 unspecified atom stereocenters. The number of hydrogen-bond donors (Lipinski definition) is 1. The van der Waals surface area contributed by atoms with Crippen LogP contribution in [0.15, 0.2) is 46.9 Å². The number of carbonyl (C=O) groups is 2. The van der Waals surface area contributed by atoms with Gasteiger partial charge in [0.2, 0.25) is 0 Å². The second-order valence-corrected chi connectivity index (χ2v) is 8.47. The monoisotopic (exact) mass is 529 g/mol. The van der Waals surface area contributed by atoms with Gasteiger partial charge in [-0.15, -0.1) is 0 Å². The van der Waals surface area contributed by atoms with E-state index in [0.29, 0.717) is 64.3 Å². The number of benzene rings is 2. The Hall–Kier alpha value is -3.37.